The number of pyridine rings is 1. The summed E-state index contributed by atoms with van der Waals surface area (Å²) in [5.41, 5.74) is -2.60. The highest BCUT2D eigenvalue weighted by atomic mass is 32.1. The number of anilines is 2. The van der Waals surface area contributed by atoms with E-state index in [1.165, 1.54) is 34.1 Å². The van der Waals surface area contributed by atoms with Gasteiger partial charge in [0.2, 0.25) is 0 Å². The van der Waals surface area contributed by atoms with Crippen LogP contribution in [0.15, 0.2) is 54.7 Å². The van der Waals surface area contributed by atoms with Crippen molar-refractivity contribution in [1.29, 1.82) is 5.26 Å². The van der Waals surface area contributed by atoms with Crippen LogP contribution in [-0.2, 0) is 24.1 Å². The average Bonchev–Trinajstić information content (AvgIpc) is 3.28. The van der Waals surface area contributed by atoms with Crippen molar-refractivity contribution in [3.8, 4) is 6.07 Å². The molecular formula is C27H21F4N5O2S. The van der Waals surface area contributed by atoms with Gasteiger partial charge in [-0.3, -0.25) is 19.5 Å². The van der Waals surface area contributed by atoms with Crippen molar-refractivity contribution in [2.75, 3.05) is 9.80 Å². The highest BCUT2D eigenvalue weighted by Crippen LogP contribution is 2.42. The maximum Gasteiger partial charge on any atom is 0.417 e. The number of nitrogens with zero attached hydrogens (tertiary/aromatic N) is 5. The van der Waals surface area contributed by atoms with Crippen molar-refractivity contribution in [2.24, 2.45) is 0 Å². The van der Waals surface area contributed by atoms with Crippen LogP contribution in [0.3, 0.4) is 0 Å². The van der Waals surface area contributed by atoms with E-state index >= 15 is 4.39 Å². The van der Waals surface area contributed by atoms with Crippen molar-refractivity contribution in [3.05, 3.63) is 88.5 Å². The standard InChI is InChI=1S/C27H21F4N5O2S/c1-26(2)24(38)35(17-7-5-15(12-32)20(10-17)27(29,30)31)25(39)36(26)18-8-6-16(21(28)11-18)13-34-14-22-19(23(34)37)4-3-9-33-22/h3-11,25,39H,13-14H2,1-2H3. The molecule has 200 valence electrons. The largest absolute Gasteiger partial charge is 0.417 e. The molecule has 2 amide bonds. The fourth-order valence-corrected chi connectivity index (χ4v) is 5.62. The van der Waals surface area contributed by atoms with Crippen LogP contribution in [0.2, 0.25) is 0 Å². The molecule has 2 aliphatic rings. The molecule has 1 fully saturated rings. The number of hydrogen-bond acceptors (Lipinski definition) is 6. The summed E-state index contributed by atoms with van der Waals surface area (Å²) in [6, 6.07) is 12.1. The SMILES string of the molecule is CC1(C)C(=O)N(c2ccc(C#N)c(C(F)(F)F)c2)C(S)N1c1ccc(CN2Cc3ncccc3C2=O)c(F)c1. The van der Waals surface area contributed by atoms with Crippen LogP contribution in [0, 0.1) is 17.1 Å². The molecule has 39 heavy (non-hydrogen) atoms. The molecule has 1 atom stereocenters. The zero-order chi connectivity index (χ0) is 28.3. The van der Waals surface area contributed by atoms with Crippen LogP contribution in [0.1, 0.15) is 46.6 Å². The second kappa shape index (κ2) is 9.27. The summed E-state index contributed by atoms with van der Waals surface area (Å²) in [5.74, 6) is -1.43. The third kappa shape index (κ3) is 4.36. The molecule has 7 nitrogen and oxygen atoms in total. The molecule has 2 aromatic carbocycles. The normalized spacial score (nSPS) is 18.5. The van der Waals surface area contributed by atoms with E-state index in [2.05, 4.69) is 17.6 Å². The summed E-state index contributed by atoms with van der Waals surface area (Å²) in [4.78, 5) is 34.3. The number of hydrogen-bond donors (Lipinski definition) is 1. The lowest BCUT2D eigenvalue weighted by molar-refractivity contribution is -0.137. The van der Waals surface area contributed by atoms with E-state index in [0.717, 1.165) is 17.0 Å². The predicted molar refractivity (Wildman–Crippen MR) is 137 cm³/mol. The number of nitriles is 1. The molecule has 0 N–H and O–H groups in total. The lowest BCUT2D eigenvalue weighted by atomic mass is 10.0. The second-order valence-electron chi connectivity index (χ2n) is 9.72. The molecule has 1 unspecified atom stereocenters. The van der Waals surface area contributed by atoms with Crippen LogP contribution in [0.5, 0.6) is 0 Å². The minimum atomic E-state index is -4.81. The van der Waals surface area contributed by atoms with Gasteiger partial charge in [-0.15, -0.1) is 12.6 Å². The van der Waals surface area contributed by atoms with Gasteiger partial charge in [-0.1, -0.05) is 6.07 Å². The summed E-state index contributed by atoms with van der Waals surface area (Å²) < 4.78 is 56.0. The molecule has 0 spiro atoms. The van der Waals surface area contributed by atoms with Gasteiger partial charge < -0.3 is 9.80 Å². The van der Waals surface area contributed by atoms with Gasteiger partial charge in [0.25, 0.3) is 11.8 Å². The highest BCUT2D eigenvalue weighted by Gasteiger charge is 2.52. The molecular weight excluding hydrogens is 534 g/mol. The van der Waals surface area contributed by atoms with Crippen LogP contribution < -0.4 is 9.80 Å². The Morgan fingerprint density at radius 3 is 2.49 bits per heavy atom. The van der Waals surface area contributed by atoms with E-state index in [0.29, 0.717) is 11.3 Å². The molecule has 1 saturated heterocycles. The maximum atomic E-state index is 15.3. The molecule has 5 rings (SSSR count). The van der Waals surface area contributed by atoms with Gasteiger partial charge in [0.1, 0.15) is 11.4 Å². The van der Waals surface area contributed by atoms with Crippen molar-refractivity contribution < 1.29 is 27.2 Å². The molecule has 0 saturated carbocycles. The first-order valence-corrected chi connectivity index (χ1v) is 12.3. The minimum Gasteiger partial charge on any atom is -0.328 e. The van der Waals surface area contributed by atoms with Gasteiger partial charge >= 0.3 is 6.18 Å². The summed E-state index contributed by atoms with van der Waals surface area (Å²) in [5, 5.41) is 9.10. The van der Waals surface area contributed by atoms with Gasteiger partial charge in [0.15, 0.2) is 5.50 Å². The first kappa shape index (κ1) is 26.5. The lowest BCUT2D eigenvalue weighted by Gasteiger charge is -2.33. The third-order valence-corrected chi connectivity index (χ3v) is 7.40. The minimum absolute atomic E-state index is 0.00548. The zero-order valence-corrected chi connectivity index (χ0v) is 21.6. The highest BCUT2D eigenvalue weighted by molar-refractivity contribution is 7.81. The molecule has 2 aliphatic heterocycles. The molecule has 0 aliphatic carbocycles. The Bertz CT molecular complexity index is 1550. The van der Waals surface area contributed by atoms with Crippen LogP contribution in [0.4, 0.5) is 28.9 Å². The molecule has 1 aromatic heterocycles. The molecule has 0 bridgehead atoms. The summed E-state index contributed by atoms with van der Waals surface area (Å²) >= 11 is 4.53. The van der Waals surface area contributed by atoms with Crippen LogP contribution in [0.25, 0.3) is 0 Å². The third-order valence-electron chi connectivity index (χ3n) is 6.94. The lowest BCUT2D eigenvalue weighted by Crippen LogP contribution is -2.45. The maximum absolute atomic E-state index is 15.3. The Labute approximate surface area is 226 Å². The monoisotopic (exact) mass is 555 g/mol. The second-order valence-corrected chi connectivity index (χ2v) is 10.2. The van der Waals surface area contributed by atoms with E-state index in [1.807, 2.05) is 0 Å². The molecule has 0 radical (unpaired) electrons. The molecule has 12 heteroatoms. The Hall–Kier alpha value is -4.11. The van der Waals surface area contributed by atoms with Gasteiger partial charge in [-0.05, 0) is 56.3 Å². The van der Waals surface area contributed by atoms with Gasteiger partial charge in [0, 0.05) is 29.7 Å². The fraction of sp³-hybridized carbons (Fsp3) is 0.259. The summed E-state index contributed by atoms with van der Waals surface area (Å²) in [6.07, 6.45) is -3.22. The van der Waals surface area contributed by atoms with Crippen LogP contribution in [-0.4, -0.2) is 32.7 Å². The Morgan fingerprint density at radius 1 is 1.13 bits per heavy atom. The quantitative estimate of drug-likeness (QED) is 0.358. The van der Waals surface area contributed by atoms with E-state index in [1.54, 1.807) is 38.2 Å². The Kier molecular flexibility index (Phi) is 6.30. The summed E-state index contributed by atoms with van der Waals surface area (Å²) in [6.45, 7) is 3.38. The van der Waals surface area contributed by atoms with Gasteiger partial charge in [-0.25, -0.2) is 4.39 Å². The number of alkyl halides is 3. The van der Waals surface area contributed by atoms with Crippen LogP contribution >= 0.6 is 12.6 Å². The van der Waals surface area contributed by atoms with E-state index in [4.69, 9.17) is 5.26 Å². The average molecular weight is 556 g/mol. The van der Waals surface area contributed by atoms with Crippen molar-refractivity contribution >= 4 is 35.8 Å². The number of halogens is 4. The van der Waals surface area contributed by atoms with E-state index in [9.17, 15) is 22.8 Å². The number of thiol groups is 1. The predicted octanol–water partition coefficient (Wildman–Crippen LogP) is 5.11. The number of rotatable bonds is 4. The van der Waals surface area contributed by atoms with E-state index in [-0.39, 0.29) is 35.9 Å². The number of fused-ring (bicyclic) bond motifs is 1. The summed E-state index contributed by atoms with van der Waals surface area (Å²) in [7, 11) is 0. The van der Waals surface area contributed by atoms with Crippen molar-refractivity contribution in [3.63, 3.8) is 0 Å². The van der Waals surface area contributed by atoms with Gasteiger partial charge in [0.05, 0.1) is 35.0 Å². The van der Waals surface area contributed by atoms with E-state index < -0.39 is 40.1 Å². The number of benzene rings is 2. The number of carbonyl (C=O) groups excluding carboxylic acids is 2. The first-order chi connectivity index (χ1) is 18.3. The number of amides is 2. The Balaban J connectivity index is 1.44. The fourth-order valence-electron chi connectivity index (χ4n) is 4.96. The number of carbonyl (C=O) groups is 2. The Morgan fingerprint density at radius 2 is 1.85 bits per heavy atom. The smallest absolute Gasteiger partial charge is 0.328 e. The molecule has 3 aromatic rings. The number of aromatic nitrogens is 1. The zero-order valence-electron chi connectivity index (χ0n) is 20.7. The topological polar surface area (TPSA) is 80.5 Å². The van der Waals surface area contributed by atoms with Crippen molar-refractivity contribution in [2.45, 2.75) is 44.2 Å². The molecule has 3 heterocycles. The van der Waals surface area contributed by atoms with Gasteiger partial charge in [-0.2, -0.15) is 18.4 Å². The first-order valence-electron chi connectivity index (χ1n) is 11.8. The van der Waals surface area contributed by atoms with Crippen molar-refractivity contribution in [1.82, 2.24) is 9.88 Å².